The number of carbonyl (C=O) groups excluding carboxylic acids is 3. The summed E-state index contributed by atoms with van der Waals surface area (Å²) in [5.41, 5.74) is 3.75. The quantitative estimate of drug-likeness (QED) is 0.318. The van der Waals surface area contributed by atoms with Gasteiger partial charge < -0.3 is 14.8 Å². The number of hydrogen-bond donors (Lipinski definition) is 1. The van der Waals surface area contributed by atoms with E-state index < -0.39 is 6.04 Å². The van der Waals surface area contributed by atoms with Crippen molar-refractivity contribution < 1.29 is 23.9 Å². The highest BCUT2D eigenvalue weighted by Gasteiger charge is 2.61. The van der Waals surface area contributed by atoms with E-state index in [-0.39, 0.29) is 28.4 Å². The lowest BCUT2D eigenvalue weighted by Crippen LogP contribution is -2.70. The largest absolute Gasteiger partial charge is 0.496 e. The van der Waals surface area contributed by atoms with Gasteiger partial charge in [0.15, 0.2) is 0 Å². The average molecular weight is 505 g/mol. The minimum absolute atomic E-state index is 0.0505. The molecule has 5 rings (SSSR count). The molecule has 2 unspecified atom stereocenters. The van der Waals surface area contributed by atoms with Gasteiger partial charge in [0.1, 0.15) is 35.8 Å². The third-order valence-electron chi connectivity index (χ3n) is 6.91. The third-order valence-corrected chi connectivity index (χ3v) is 8.74. The van der Waals surface area contributed by atoms with E-state index in [4.69, 9.17) is 9.47 Å². The zero-order valence-electron chi connectivity index (χ0n) is 20.2. The Morgan fingerprint density at radius 3 is 2.69 bits per heavy atom. The number of ether oxygens (including phenoxy) is 2. The van der Waals surface area contributed by atoms with Crippen LogP contribution in [0.4, 0.5) is 0 Å². The first-order chi connectivity index (χ1) is 17.5. The Balaban J connectivity index is 1.27. The SMILES string of the molecule is COc1cc(OCC2=C(C)N3C(=O)C(NC(=O)Cc4ccccc4)C3SC23CC3)ccc1/C=C\C=O. The van der Waals surface area contributed by atoms with Crippen LogP contribution in [-0.2, 0) is 20.8 Å². The van der Waals surface area contributed by atoms with Crippen molar-refractivity contribution in [3.8, 4) is 11.5 Å². The molecule has 2 amide bonds. The lowest BCUT2D eigenvalue weighted by molar-refractivity contribution is -0.145. The topological polar surface area (TPSA) is 84.9 Å². The Morgan fingerprint density at radius 2 is 2.00 bits per heavy atom. The molecular formula is C28H28N2O5S. The maximum atomic E-state index is 13.0. The van der Waals surface area contributed by atoms with Crippen molar-refractivity contribution >= 4 is 35.9 Å². The monoisotopic (exact) mass is 504 g/mol. The molecule has 2 aliphatic heterocycles. The molecule has 2 aromatic rings. The fourth-order valence-corrected chi connectivity index (χ4v) is 6.68. The second kappa shape index (κ2) is 9.85. The first kappa shape index (κ1) is 24.2. The van der Waals surface area contributed by atoms with Crippen molar-refractivity contribution in [3.63, 3.8) is 0 Å². The number of nitrogens with one attached hydrogen (secondary N) is 1. The molecule has 1 saturated heterocycles. The van der Waals surface area contributed by atoms with Crippen molar-refractivity contribution in [3.05, 3.63) is 77.0 Å². The maximum absolute atomic E-state index is 13.0. The van der Waals surface area contributed by atoms with E-state index in [2.05, 4.69) is 5.32 Å². The van der Waals surface area contributed by atoms with Crippen LogP contribution in [0.5, 0.6) is 11.5 Å². The molecule has 2 heterocycles. The van der Waals surface area contributed by atoms with Gasteiger partial charge in [-0.05, 0) is 49.6 Å². The smallest absolute Gasteiger partial charge is 0.253 e. The van der Waals surface area contributed by atoms with Crippen LogP contribution in [0.15, 0.2) is 65.9 Å². The number of carbonyl (C=O) groups is 3. The predicted octanol–water partition coefficient (Wildman–Crippen LogP) is 3.74. The molecule has 1 spiro atoms. The van der Waals surface area contributed by atoms with Crippen LogP contribution in [0.25, 0.3) is 6.08 Å². The number of thioether (sulfide) groups is 1. The van der Waals surface area contributed by atoms with Gasteiger partial charge in [-0.3, -0.25) is 19.3 Å². The van der Waals surface area contributed by atoms with Gasteiger partial charge >= 0.3 is 0 Å². The maximum Gasteiger partial charge on any atom is 0.253 e. The van der Waals surface area contributed by atoms with Gasteiger partial charge in [-0.2, -0.15) is 0 Å². The lowest BCUT2D eigenvalue weighted by atomic mass is 10.00. The van der Waals surface area contributed by atoms with E-state index in [1.54, 1.807) is 35.9 Å². The Hall–Kier alpha value is -3.52. The van der Waals surface area contributed by atoms with E-state index in [0.29, 0.717) is 18.1 Å². The number of allylic oxidation sites excluding steroid dienone is 2. The molecule has 7 nitrogen and oxygen atoms in total. The molecule has 0 bridgehead atoms. The average Bonchev–Trinajstić information content (AvgIpc) is 3.66. The van der Waals surface area contributed by atoms with E-state index in [9.17, 15) is 14.4 Å². The summed E-state index contributed by atoms with van der Waals surface area (Å²) in [6.45, 7) is 2.34. The molecule has 8 heteroatoms. The molecule has 1 saturated carbocycles. The number of fused-ring (bicyclic) bond motifs is 1. The predicted molar refractivity (Wildman–Crippen MR) is 139 cm³/mol. The Labute approximate surface area is 214 Å². The van der Waals surface area contributed by atoms with Gasteiger partial charge in [0.25, 0.3) is 5.91 Å². The van der Waals surface area contributed by atoms with E-state index in [1.165, 1.54) is 6.08 Å². The molecular weight excluding hydrogens is 476 g/mol. The van der Waals surface area contributed by atoms with Gasteiger partial charge in [0.05, 0.1) is 13.5 Å². The fourth-order valence-electron chi connectivity index (χ4n) is 4.84. The second-order valence-electron chi connectivity index (χ2n) is 9.17. The lowest BCUT2D eigenvalue weighted by Gasteiger charge is -2.52. The number of methoxy groups -OCH3 is 1. The summed E-state index contributed by atoms with van der Waals surface area (Å²) < 4.78 is 11.5. The highest BCUT2D eigenvalue weighted by atomic mass is 32.2. The Kier molecular flexibility index (Phi) is 6.62. The number of benzene rings is 2. The normalized spacial score (nSPS) is 21.7. The summed E-state index contributed by atoms with van der Waals surface area (Å²) in [5.74, 6) is 1.05. The van der Waals surface area contributed by atoms with E-state index >= 15 is 0 Å². The van der Waals surface area contributed by atoms with Crippen molar-refractivity contribution in [2.75, 3.05) is 13.7 Å². The fraction of sp³-hybridized carbons (Fsp3) is 0.321. The van der Waals surface area contributed by atoms with E-state index in [0.717, 1.165) is 41.5 Å². The summed E-state index contributed by atoms with van der Waals surface area (Å²) in [6, 6.07) is 14.5. The summed E-state index contributed by atoms with van der Waals surface area (Å²) in [6.07, 6.45) is 6.13. The molecule has 186 valence electrons. The van der Waals surface area contributed by atoms with Crippen molar-refractivity contribution in [2.45, 2.75) is 42.3 Å². The number of aldehydes is 1. The highest BCUT2D eigenvalue weighted by Crippen LogP contribution is 2.62. The molecule has 2 atom stereocenters. The third kappa shape index (κ3) is 4.53. The van der Waals surface area contributed by atoms with Crippen molar-refractivity contribution in [1.29, 1.82) is 0 Å². The van der Waals surface area contributed by atoms with Crippen molar-refractivity contribution in [1.82, 2.24) is 10.2 Å². The summed E-state index contributed by atoms with van der Waals surface area (Å²) in [7, 11) is 1.58. The van der Waals surface area contributed by atoms with Crippen LogP contribution in [0.1, 0.15) is 30.9 Å². The number of β-lactam (4-membered cyclic amide) rings is 1. The van der Waals surface area contributed by atoms with Crippen LogP contribution in [0.2, 0.25) is 0 Å². The zero-order valence-corrected chi connectivity index (χ0v) is 21.0. The van der Waals surface area contributed by atoms with Crippen LogP contribution in [0.3, 0.4) is 0 Å². The van der Waals surface area contributed by atoms with Gasteiger partial charge in [-0.15, -0.1) is 11.8 Å². The van der Waals surface area contributed by atoms with Crippen LogP contribution >= 0.6 is 11.8 Å². The summed E-state index contributed by atoms with van der Waals surface area (Å²) in [5, 5.41) is 2.87. The van der Waals surface area contributed by atoms with Crippen molar-refractivity contribution in [2.24, 2.45) is 0 Å². The van der Waals surface area contributed by atoms with E-state index in [1.807, 2.05) is 49.4 Å². The summed E-state index contributed by atoms with van der Waals surface area (Å²) >= 11 is 1.76. The molecule has 0 radical (unpaired) electrons. The Morgan fingerprint density at radius 1 is 1.22 bits per heavy atom. The van der Waals surface area contributed by atoms with Crippen LogP contribution in [-0.4, -0.2) is 52.9 Å². The molecule has 0 aromatic heterocycles. The highest BCUT2D eigenvalue weighted by molar-refractivity contribution is 8.02. The van der Waals surface area contributed by atoms with Crippen LogP contribution in [0, 0.1) is 0 Å². The van der Waals surface area contributed by atoms with Gasteiger partial charge in [0.2, 0.25) is 5.91 Å². The number of nitrogens with zero attached hydrogens (tertiary/aromatic N) is 1. The van der Waals surface area contributed by atoms with Gasteiger partial charge in [-0.25, -0.2) is 0 Å². The second-order valence-corrected chi connectivity index (χ2v) is 10.7. The first-order valence-corrected chi connectivity index (χ1v) is 12.8. The minimum Gasteiger partial charge on any atom is -0.496 e. The first-order valence-electron chi connectivity index (χ1n) is 11.9. The number of hydrogen-bond acceptors (Lipinski definition) is 6. The molecule has 3 aliphatic rings. The Bertz CT molecular complexity index is 1250. The zero-order chi connectivity index (χ0) is 25.3. The standard InChI is InChI=1S/C28H28N2O5S/c1-18-22(17-35-21-11-10-20(9-6-14-31)23(16-21)34-2)28(12-13-28)36-27-25(26(33)30(18)27)29-24(32)15-19-7-4-3-5-8-19/h3-11,14,16,25,27H,12-13,15,17H2,1-2H3,(H,29,32)/b9-6-. The van der Waals surface area contributed by atoms with Gasteiger partial charge in [-0.1, -0.05) is 30.3 Å². The molecule has 2 aromatic carbocycles. The van der Waals surface area contributed by atoms with Crippen LogP contribution < -0.4 is 14.8 Å². The summed E-state index contributed by atoms with van der Waals surface area (Å²) in [4.78, 5) is 38.1. The number of rotatable bonds is 9. The van der Waals surface area contributed by atoms with Gasteiger partial charge in [0, 0.05) is 27.6 Å². The molecule has 1 N–H and O–H groups in total. The number of amides is 2. The molecule has 1 aliphatic carbocycles. The molecule has 2 fully saturated rings. The molecule has 36 heavy (non-hydrogen) atoms. The minimum atomic E-state index is -0.502.